The van der Waals surface area contributed by atoms with E-state index in [2.05, 4.69) is 38.8 Å². The fourth-order valence-corrected chi connectivity index (χ4v) is 6.31. The molecule has 116 valence electrons. The standard InChI is InChI=1S/C12H24N2O3S2Si/c1-11(2,3)20(6,7)9-8(12(4,5)15)18-10(14-9)19(13,16)17/h15H,1-7H3,(H2,13,16,17). The molecule has 0 bridgehead atoms. The Morgan fingerprint density at radius 3 is 1.95 bits per heavy atom. The summed E-state index contributed by atoms with van der Waals surface area (Å²) in [4.78, 5) is 4.90. The minimum Gasteiger partial charge on any atom is -0.385 e. The van der Waals surface area contributed by atoms with Crippen LogP contribution in [0.2, 0.25) is 18.1 Å². The van der Waals surface area contributed by atoms with Crippen LogP contribution in [0.5, 0.6) is 0 Å². The Morgan fingerprint density at radius 1 is 1.20 bits per heavy atom. The molecule has 1 heterocycles. The lowest BCUT2D eigenvalue weighted by molar-refractivity contribution is 0.0833. The van der Waals surface area contributed by atoms with E-state index in [4.69, 9.17) is 5.14 Å². The first-order valence-corrected chi connectivity index (χ1v) is 11.7. The third kappa shape index (κ3) is 3.30. The number of thiazole rings is 1. The maximum Gasteiger partial charge on any atom is 0.265 e. The quantitative estimate of drug-likeness (QED) is 0.822. The molecule has 0 saturated heterocycles. The molecule has 1 aromatic rings. The fraction of sp³-hybridized carbons (Fsp3) is 0.750. The van der Waals surface area contributed by atoms with Crippen LogP contribution in [0.1, 0.15) is 39.5 Å². The zero-order valence-corrected chi connectivity index (χ0v) is 15.7. The van der Waals surface area contributed by atoms with Crippen LogP contribution in [-0.4, -0.2) is 26.6 Å². The molecule has 0 unspecified atom stereocenters. The molecule has 5 nitrogen and oxygen atoms in total. The molecule has 20 heavy (non-hydrogen) atoms. The van der Waals surface area contributed by atoms with Crippen molar-refractivity contribution in [3.8, 4) is 0 Å². The van der Waals surface area contributed by atoms with Gasteiger partial charge in [0.1, 0.15) is 8.07 Å². The van der Waals surface area contributed by atoms with E-state index in [-0.39, 0.29) is 9.38 Å². The van der Waals surface area contributed by atoms with Gasteiger partial charge in [-0.3, -0.25) is 0 Å². The molecule has 0 aliphatic carbocycles. The van der Waals surface area contributed by atoms with Gasteiger partial charge >= 0.3 is 0 Å². The molecule has 0 aliphatic heterocycles. The molecule has 0 aliphatic rings. The molecule has 1 aromatic heterocycles. The summed E-state index contributed by atoms with van der Waals surface area (Å²) >= 11 is 0.977. The van der Waals surface area contributed by atoms with Crippen molar-refractivity contribution in [1.82, 2.24) is 4.98 Å². The van der Waals surface area contributed by atoms with Crippen LogP contribution in [0.4, 0.5) is 0 Å². The molecule has 0 fully saturated rings. The zero-order valence-electron chi connectivity index (χ0n) is 13.1. The number of aromatic nitrogens is 1. The highest BCUT2D eigenvalue weighted by molar-refractivity contribution is 7.91. The largest absolute Gasteiger partial charge is 0.385 e. The first-order chi connectivity index (χ1) is 8.58. The monoisotopic (exact) mass is 336 g/mol. The Balaban J connectivity index is 3.66. The van der Waals surface area contributed by atoms with Crippen LogP contribution in [0.15, 0.2) is 4.34 Å². The highest BCUT2D eigenvalue weighted by Crippen LogP contribution is 2.39. The summed E-state index contributed by atoms with van der Waals surface area (Å²) in [5.41, 5.74) is -1.13. The minimum atomic E-state index is -3.85. The predicted molar refractivity (Wildman–Crippen MR) is 85.6 cm³/mol. The number of aliphatic hydroxyl groups is 1. The topological polar surface area (TPSA) is 93.3 Å². The van der Waals surface area contributed by atoms with Crippen molar-refractivity contribution < 1.29 is 13.5 Å². The van der Waals surface area contributed by atoms with E-state index in [0.29, 0.717) is 4.88 Å². The number of hydrogen-bond donors (Lipinski definition) is 2. The summed E-state index contributed by atoms with van der Waals surface area (Å²) in [6.45, 7) is 13.9. The van der Waals surface area contributed by atoms with Gasteiger partial charge in [-0.05, 0) is 18.9 Å². The van der Waals surface area contributed by atoms with Crippen LogP contribution in [0.25, 0.3) is 0 Å². The molecule has 8 heteroatoms. The molecule has 1 rings (SSSR count). The van der Waals surface area contributed by atoms with Crippen molar-refractivity contribution in [2.75, 3.05) is 0 Å². The number of rotatable bonds is 3. The van der Waals surface area contributed by atoms with Crippen LogP contribution >= 0.6 is 11.3 Å². The summed E-state index contributed by atoms with van der Waals surface area (Å²) in [6, 6.07) is 0. The van der Waals surface area contributed by atoms with Gasteiger partial charge in [-0.1, -0.05) is 33.9 Å². The average Bonchev–Trinajstić information content (AvgIpc) is 2.58. The number of sulfonamides is 1. The average molecular weight is 337 g/mol. The molecular weight excluding hydrogens is 312 g/mol. The SMILES string of the molecule is CC(C)(O)c1sc(S(N)(=O)=O)nc1[Si](C)(C)C(C)(C)C. The lowest BCUT2D eigenvalue weighted by atomic mass is 10.1. The summed E-state index contributed by atoms with van der Waals surface area (Å²) in [5, 5.41) is 16.2. The van der Waals surface area contributed by atoms with Gasteiger partial charge in [0.2, 0.25) is 4.34 Å². The lowest BCUT2D eigenvalue weighted by Gasteiger charge is -2.37. The minimum absolute atomic E-state index is 0.0172. The van der Waals surface area contributed by atoms with Gasteiger partial charge in [-0.15, -0.1) is 11.3 Å². The smallest absolute Gasteiger partial charge is 0.265 e. The van der Waals surface area contributed by atoms with E-state index in [1.54, 1.807) is 13.8 Å². The number of nitrogens with zero attached hydrogens (tertiary/aromatic N) is 1. The molecule has 0 saturated carbocycles. The molecular formula is C12H24N2O3S2Si. The number of nitrogens with two attached hydrogens (primary N) is 1. The van der Waals surface area contributed by atoms with Crippen LogP contribution < -0.4 is 10.5 Å². The van der Waals surface area contributed by atoms with Crippen molar-refractivity contribution in [2.24, 2.45) is 5.14 Å². The summed E-state index contributed by atoms with van der Waals surface area (Å²) in [7, 11) is -5.93. The zero-order chi connectivity index (χ0) is 16.1. The van der Waals surface area contributed by atoms with Gasteiger partial charge < -0.3 is 5.11 Å². The van der Waals surface area contributed by atoms with E-state index in [0.717, 1.165) is 16.7 Å². The van der Waals surface area contributed by atoms with Gasteiger partial charge in [0.05, 0.1) is 10.5 Å². The summed E-state index contributed by atoms with van der Waals surface area (Å²) in [5.74, 6) is 0. The second-order valence-electron chi connectivity index (χ2n) is 7.14. The van der Waals surface area contributed by atoms with Crippen molar-refractivity contribution in [1.29, 1.82) is 0 Å². The molecule has 3 N–H and O–H groups in total. The molecule has 0 amide bonds. The Morgan fingerprint density at radius 2 is 1.65 bits per heavy atom. The molecule has 0 spiro atoms. The normalized spacial score (nSPS) is 14.7. The van der Waals surface area contributed by atoms with E-state index >= 15 is 0 Å². The molecule has 0 radical (unpaired) electrons. The van der Waals surface area contributed by atoms with Crippen LogP contribution in [0, 0.1) is 0 Å². The van der Waals surface area contributed by atoms with Gasteiger partial charge in [0.15, 0.2) is 0 Å². The maximum absolute atomic E-state index is 11.6. The van der Waals surface area contributed by atoms with Crippen molar-refractivity contribution >= 4 is 34.8 Å². The second-order valence-corrected chi connectivity index (χ2v) is 15.1. The third-order valence-electron chi connectivity index (χ3n) is 3.87. The van der Waals surface area contributed by atoms with E-state index in [1.807, 2.05) is 0 Å². The van der Waals surface area contributed by atoms with Gasteiger partial charge in [-0.25, -0.2) is 18.5 Å². The fourth-order valence-electron chi connectivity index (χ4n) is 1.62. The van der Waals surface area contributed by atoms with Crippen LogP contribution in [-0.2, 0) is 15.6 Å². The van der Waals surface area contributed by atoms with E-state index < -0.39 is 23.7 Å². The Labute approximate surface area is 126 Å². The van der Waals surface area contributed by atoms with Crippen LogP contribution in [0.3, 0.4) is 0 Å². The van der Waals surface area contributed by atoms with E-state index in [1.165, 1.54) is 0 Å². The first kappa shape index (κ1) is 17.8. The van der Waals surface area contributed by atoms with Gasteiger partial charge in [0, 0.05) is 5.32 Å². The highest BCUT2D eigenvalue weighted by Gasteiger charge is 2.44. The lowest BCUT2D eigenvalue weighted by Crippen LogP contribution is -2.53. The third-order valence-corrected chi connectivity index (χ3v) is 12.0. The maximum atomic E-state index is 11.6. The van der Waals surface area contributed by atoms with Crippen molar-refractivity contribution in [2.45, 2.75) is 62.7 Å². The molecule has 0 atom stereocenters. The van der Waals surface area contributed by atoms with Crippen molar-refractivity contribution in [3.63, 3.8) is 0 Å². The van der Waals surface area contributed by atoms with Gasteiger partial charge in [-0.2, -0.15) is 0 Å². The predicted octanol–water partition coefficient (Wildman–Crippen LogP) is 1.73. The number of primary sulfonamides is 1. The Kier molecular flexibility index (Phi) is 4.33. The summed E-state index contributed by atoms with van der Waals surface area (Å²) < 4.78 is 23.0. The van der Waals surface area contributed by atoms with E-state index in [9.17, 15) is 13.5 Å². The Hall–Kier alpha value is -0.283. The Bertz CT molecular complexity index is 608. The number of hydrogen-bond acceptors (Lipinski definition) is 5. The summed E-state index contributed by atoms with van der Waals surface area (Å²) in [6.07, 6.45) is 0. The van der Waals surface area contributed by atoms with Crippen molar-refractivity contribution in [3.05, 3.63) is 4.88 Å². The first-order valence-electron chi connectivity index (χ1n) is 6.35. The second kappa shape index (κ2) is 4.87. The van der Waals surface area contributed by atoms with Gasteiger partial charge in [0.25, 0.3) is 10.0 Å². The molecule has 0 aromatic carbocycles. The highest BCUT2D eigenvalue weighted by atomic mass is 32.2.